The van der Waals surface area contributed by atoms with Gasteiger partial charge in [0.1, 0.15) is 5.75 Å². The Morgan fingerprint density at radius 2 is 2.07 bits per heavy atom. The van der Waals surface area contributed by atoms with Crippen LogP contribution in [0.25, 0.3) is 0 Å². The number of aromatic hydroxyl groups is 1. The normalized spacial score (nSPS) is 19.8. The van der Waals surface area contributed by atoms with Crippen LogP contribution in [0, 0.1) is 6.92 Å². The molecule has 2 aliphatic rings. The van der Waals surface area contributed by atoms with Crippen molar-refractivity contribution in [2.75, 3.05) is 7.11 Å². The van der Waals surface area contributed by atoms with Crippen molar-refractivity contribution in [1.82, 2.24) is 9.99 Å². The molecule has 5 rings (SSSR count). The Bertz CT molecular complexity index is 1100. The summed E-state index contributed by atoms with van der Waals surface area (Å²) in [6.45, 7) is 2.01. The highest BCUT2D eigenvalue weighted by Crippen LogP contribution is 2.50. The van der Waals surface area contributed by atoms with Crippen LogP contribution in [0.4, 0.5) is 0 Å². The summed E-state index contributed by atoms with van der Waals surface area (Å²) in [6.07, 6.45) is 3.76. The van der Waals surface area contributed by atoms with E-state index in [1.165, 1.54) is 0 Å². The number of rotatable bonds is 3. The largest absolute Gasteiger partial charge is 0.507 e. The summed E-state index contributed by atoms with van der Waals surface area (Å²) in [5, 5.41) is 17.3. The van der Waals surface area contributed by atoms with Gasteiger partial charge in [-0.1, -0.05) is 29.8 Å². The molecule has 0 radical (unpaired) electrons. The molecule has 3 heterocycles. The summed E-state index contributed by atoms with van der Waals surface area (Å²) >= 11 is 0. The number of phenols is 1. The lowest BCUT2D eigenvalue weighted by Gasteiger charge is -2.38. The van der Waals surface area contributed by atoms with Crippen molar-refractivity contribution >= 4 is 5.71 Å². The number of nitrogens with zero attached hydrogens (tertiary/aromatic N) is 3. The lowest BCUT2D eigenvalue weighted by atomic mass is 9.95. The summed E-state index contributed by atoms with van der Waals surface area (Å²) in [6, 6.07) is 15.3. The highest BCUT2D eigenvalue weighted by atomic mass is 16.5. The van der Waals surface area contributed by atoms with Gasteiger partial charge in [0.2, 0.25) is 6.23 Å². The van der Waals surface area contributed by atoms with Crippen molar-refractivity contribution in [3.8, 4) is 17.2 Å². The molecule has 146 valence electrons. The first-order valence-electron chi connectivity index (χ1n) is 9.55. The van der Waals surface area contributed by atoms with Crippen LogP contribution in [-0.4, -0.2) is 27.9 Å². The number of ether oxygens (including phenoxy) is 2. The van der Waals surface area contributed by atoms with Gasteiger partial charge in [-0.25, -0.2) is 5.01 Å². The monoisotopic (exact) mass is 387 g/mol. The number of methoxy groups -OCH3 is 1. The van der Waals surface area contributed by atoms with Crippen LogP contribution in [-0.2, 0) is 0 Å². The van der Waals surface area contributed by atoms with E-state index in [0.29, 0.717) is 12.2 Å². The minimum absolute atomic E-state index is 0.0195. The molecule has 0 bridgehead atoms. The van der Waals surface area contributed by atoms with Gasteiger partial charge < -0.3 is 14.6 Å². The standard InChI is InChI=1S/C23H21N3O3/c1-14-8-9-20(27)17(11-14)18-12-19-16-6-3-7-21(28-2)22(16)29-23(26(19)25-18)15-5-4-10-24-13-15/h3-11,13,19,23,27H,12H2,1-2H3/t19-,23+/m1/s1. The average molecular weight is 387 g/mol. The molecule has 6 nitrogen and oxygen atoms in total. The topological polar surface area (TPSA) is 67.2 Å². The summed E-state index contributed by atoms with van der Waals surface area (Å²) in [5.41, 5.74) is 4.61. The highest BCUT2D eigenvalue weighted by molar-refractivity contribution is 6.04. The first-order valence-corrected chi connectivity index (χ1v) is 9.55. The summed E-state index contributed by atoms with van der Waals surface area (Å²) < 4.78 is 11.9. The molecule has 0 spiro atoms. The maximum absolute atomic E-state index is 10.4. The molecular weight excluding hydrogens is 366 g/mol. The van der Waals surface area contributed by atoms with Gasteiger partial charge in [-0.2, -0.15) is 5.10 Å². The van der Waals surface area contributed by atoms with Crippen LogP contribution in [0.5, 0.6) is 17.2 Å². The van der Waals surface area contributed by atoms with Gasteiger partial charge in [0.05, 0.1) is 18.9 Å². The van der Waals surface area contributed by atoms with Gasteiger partial charge >= 0.3 is 0 Å². The van der Waals surface area contributed by atoms with Gasteiger partial charge in [0, 0.05) is 35.5 Å². The Balaban J connectivity index is 1.64. The molecule has 0 saturated heterocycles. The fourth-order valence-electron chi connectivity index (χ4n) is 4.03. The second-order valence-corrected chi connectivity index (χ2v) is 7.30. The molecule has 2 aliphatic heterocycles. The molecule has 2 atom stereocenters. The molecule has 0 unspecified atom stereocenters. The van der Waals surface area contributed by atoms with Gasteiger partial charge in [0.15, 0.2) is 11.5 Å². The minimum Gasteiger partial charge on any atom is -0.507 e. The molecule has 6 heteroatoms. The quantitative estimate of drug-likeness (QED) is 0.724. The number of pyridine rings is 1. The van der Waals surface area contributed by atoms with Crippen molar-refractivity contribution < 1.29 is 14.6 Å². The Labute approximate surface area is 169 Å². The molecule has 3 aromatic rings. The predicted molar refractivity (Wildman–Crippen MR) is 109 cm³/mol. The summed E-state index contributed by atoms with van der Waals surface area (Å²) in [7, 11) is 1.64. The number of hydrogen-bond acceptors (Lipinski definition) is 6. The van der Waals surface area contributed by atoms with E-state index in [1.807, 2.05) is 54.4 Å². The second-order valence-electron chi connectivity index (χ2n) is 7.30. The van der Waals surface area contributed by atoms with Gasteiger partial charge in [-0.15, -0.1) is 0 Å². The number of hydrogen-bond donors (Lipinski definition) is 1. The molecule has 2 aromatic carbocycles. The third kappa shape index (κ3) is 2.88. The van der Waals surface area contributed by atoms with Crippen LogP contribution in [0.3, 0.4) is 0 Å². The van der Waals surface area contributed by atoms with Crippen LogP contribution in [0.15, 0.2) is 66.0 Å². The van der Waals surface area contributed by atoms with E-state index in [-0.39, 0.29) is 11.8 Å². The Kier molecular flexibility index (Phi) is 4.12. The molecule has 0 amide bonds. The fraction of sp³-hybridized carbons (Fsp3) is 0.217. The zero-order valence-electron chi connectivity index (χ0n) is 16.2. The van der Waals surface area contributed by atoms with Crippen LogP contribution < -0.4 is 9.47 Å². The van der Waals surface area contributed by atoms with E-state index in [2.05, 4.69) is 4.98 Å². The first-order chi connectivity index (χ1) is 14.2. The first kappa shape index (κ1) is 17.6. The molecule has 0 fully saturated rings. The zero-order valence-corrected chi connectivity index (χ0v) is 16.2. The van der Waals surface area contributed by atoms with Crippen molar-refractivity contribution in [2.24, 2.45) is 5.10 Å². The van der Waals surface area contributed by atoms with E-state index in [1.54, 1.807) is 25.6 Å². The number of aryl methyl sites for hydroxylation is 1. The third-order valence-corrected chi connectivity index (χ3v) is 5.43. The van der Waals surface area contributed by atoms with Crippen LogP contribution >= 0.6 is 0 Å². The molecular formula is C23H21N3O3. The third-order valence-electron chi connectivity index (χ3n) is 5.43. The van der Waals surface area contributed by atoms with E-state index in [0.717, 1.165) is 33.7 Å². The number of benzene rings is 2. The van der Waals surface area contributed by atoms with Crippen molar-refractivity contribution in [3.63, 3.8) is 0 Å². The van der Waals surface area contributed by atoms with Gasteiger partial charge in [-0.3, -0.25) is 4.98 Å². The number of fused-ring (bicyclic) bond motifs is 3. The van der Waals surface area contributed by atoms with Crippen molar-refractivity contribution in [3.05, 3.63) is 83.2 Å². The minimum atomic E-state index is -0.429. The number of para-hydroxylation sites is 1. The predicted octanol–water partition coefficient (Wildman–Crippen LogP) is 4.35. The van der Waals surface area contributed by atoms with E-state index in [4.69, 9.17) is 14.6 Å². The van der Waals surface area contributed by atoms with E-state index < -0.39 is 6.23 Å². The Morgan fingerprint density at radius 3 is 2.86 bits per heavy atom. The SMILES string of the molecule is COc1cccc2c1O[C@@H](c1cccnc1)N1N=C(c3cc(C)ccc3O)C[C@H]21. The maximum atomic E-state index is 10.4. The Morgan fingerprint density at radius 1 is 1.17 bits per heavy atom. The van der Waals surface area contributed by atoms with Gasteiger partial charge in [0.25, 0.3) is 0 Å². The molecule has 0 saturated carbocycles. The summed E-state index contributed by atoms with van der Waals surface area (Å²) in [4.78, 5) is 4.25. The molecule has 29 heavy (non-hydrogen) atoms. The van der Waals surface area contributed by atoms with Crippen LogP contribution in [0.2, 0.25) is 0 Å². The Hall–Kier alpha value is -3.54. The number of phenolic OH excluding ortho intramolecular Hbond substituents is 1. The van der Waals surface area contributed by atoms with Crippen molar-refractivity contribution in [1.29, 1.82) is 0 Å². The lowest BCUT2D eigenvalue weighted by molar-refractivity contribution is -0.0211. The molecule has 0 aliphatic carbocycles. The molecule has 1 aromatic heterocycles. The van der Waals surface area contributed by atoms with E-state index >= 15 is 0 Å². The second kappa shape index (κ2) is 6.81. The average Bonchev–Trinajstić information content (AvgIpc) is 3.20. The highest BCUT2D eigenvalue weighted by Gasteiger charge is 2.42. The number of aromatic nitrogens is 1. The van der Waals surface area contributed by atoms with E-state index in [9.17, 15) is 5.11 Å². The molecule has 1 N–H and O–H groups in total. The fourth-order valence-corrected chi connectivity index (χ4v) is 4.03. The number of hydrazone groups is 1. The smallest absolute Gasteiger partial charge is 0.215 e. The van der Waals surface area contributed by atoms with Crippen molar-refractivity contribution in [2.45, 2.75) is 25.6 Å². The van der Waals surface area contributed by atoms with Gasteiger partial charge in [-0.05, 0) is 31.2 Å². The lowest BCUT2D eigenvalue weighted by Crippen LogP contribution is -2.33. The maximum Gasteiger partial charge on any atom is 0.215 e. The van der Waals surface area contributed by atoms with Crippen LogP contribution in [0.1, 0.15) is 40.9 Å². The summed E-state index contributed by atoms with van der Waals surface area (Å²) in [5.74, 6) is 1.66. The zero-order chi connectivity index (χ0) is 20.0.